The Bertz CT molecular complexity index is 1380. The minimum absolute atomic E-state index is 0.0400. The van der Waals surface area contributed by atoms with E-state index in [4.69, 9.17) is 0 Å². The fourth-order valence-electron chi connectivity index (χ4n) is 6.24. The topological polar surface area (TPSA) is 72.7 Å². The number of para-hydroxylation sites is 2. The van der Waals surface area contributed by atoms with Crippen LogP contribution < -0.4 is 10.2 Å². The second-order valence-electron chi connectivity index (χ2n) is 11.1. The van der Waals surface area contributed by atoms with Crippen molar-refractivity contribution in [2.75, 3.05) is 25.5 Å². The van der Waals surface area contributed by atoms with E-state index in [1.165, 1.54) is 11.1 Å². The predicted molar refractivity (Wildman–Crippen MR) is 142 cm³/mol. The lowest BCUT2D eigenvalue weighted by molar-refractivity contribution is -0.401. The van der Waals surface area contributed by atoms with Crippen LogP contribution in [0.3, 0.4) is 0 Å². The zero-order valence-electron chi connectivity index (χ0n) is 21.8. The second-order valence-corrected chi connectivity index (χ2v) is 11.1. The van der Waals surface area contributed by atoms with E-state index in [0.29, 0.717) is 5.57 Å². The smallest absolute Gasteiger partial charge is 0.317 e. The van der Waals surface area contributed by atoms with Gasteiger partial charge in [-0.25, -0.2) is 0 Å². The number of likely N-dealkylation sites (N-methyl/N-ethyl adjacent to an activating group) is 1. The molecule has 0 amide bonds. The number of aliphatic carboxylic acids is 1. The van der Waals surface area contributed by atoms with Crippen molar-refractivity contribution >= 4 is 28.8 Å². The number of carbonyl (C=O) groups excluding carboxylic acids is 1. The summed E-state index contributed by atoms with van der Waals surface area (Å²) in [5.41, 5.74) is 6.90. The molecule has 2 atom stereocenters. The summed E-state index contributed by atoms with van der Waals surface area (Å²) in [7, 11) is 4.05. The largest absolute Gasteiger partial charge is 0.480 e. The molecule has 0 radical (unpaired) electrons. The number of hydrogen-bond acceptors (Lipinski definition) is 4. The molecule has 2 heterocycles. The van der Waals surface area contributed by atoms with Gasteiger partial charge in [0.1, 0.15) is 7.05 Å². The molecule has 1 aliphatic carbocycles. The first-order valence-electron chi connectivity index (χ1n) is 12.4. The number of carboxylic acid groups (broad SMARTS) is 1. The molecule has 0 spiro atoms. The Morgan fingerprint density at radius 1 is 1.06 bits per heavy atom. The van der Waals surface area contributed by atoms with Gasteiger partial charge in [0, 0.05) is 47.1 Å². The van der Waals surface area contributed by atoms with Gasteiger partial charge in [-0.05, 0) is 25.5 Å². The number of benzene rings is 2. The third kappa shape index (κ3) is 3.46. The van der Waals surface area contributed by atoms with Crippen LogP contribution in [0.5, 0.6) is 0 Å². The van der Waals surface area contributed by atoms with Gasteiger partial charge in [-0.3, -0.25) is 14.9 Å². The summed E-state index contributed by atoms with van der Waals surface area (Å²) < 4.78 is 2.14. The molecule has 2 aliphatic heterocycles. The molecule has 2 aromatic rings. The Morgan fingerprint density at radius 3 is 2.33 bits per heavy atom. The summed E-state index contributed by atoms with van der Waals surface area (Å²) >= 11 is 0. The fourth-order valence-corrected chi connectivity index (χ4v) is 6.24. The van der Waals surface area contributed by atoms with Crippen LogP contribution in [0.2, 0.25) is 0 Å². The number of nitrogens with one attached hydrogen (secondary N) is 1. The second kappa shape index (κ2) is 8.27. The van der Waals surface area contributed by atoms with Crippen LogP contribution in [0.25, 0.3) is 0 Å². The Labute approximate surface area is 212 Å². The van der Waals surface area contributed by atoms with E-state index in [9.17, 15) is 14.7 Å². The maximum atomic E-state index is 13.6. The highest BCUT2D eigenvalue weighted by Crippen LogP contribution is 2.48. The molecule has 0 aromatic heterocycles. The van der Waals surface area contributed by atoms with Gasteiger partial charge < -0.3 is 10.0 Å². The molecule has 186 valence electrons. The standard InChI is InChI=1S/C30H33N3O3/c1-29(2)20-11-7-9-13-22(20)32(5)24(29)15-18-27(31-17-26(34)35)19(28(18)36)16-25-30(3,4)21-12-8-10-14-23(21)33(25)6/h7-16,18,27,31H,17H2,1-6H3/p+1. The van der Waals surface area contributed by atoms with E-state index in [1.807, 2.05) is 50.5 Å². The van der Waals surface area contributed by atoms with E-state index in [0.717, 1.165) is 22.8 Å². The van der Waals surface area contributed by atoms with Crippen LogP contribution in [0, 0.1) is 5.92 Å². The molecule has 0 saturated heterocycles. The van der Waals surface area contributed by atoms with Crippen molar-refractivity contribution in [3.63, 3.8) is 0 Å². The molecule has 3 aliphatic rings. The van der Waals surface area contributed by atoms with Gasteiger partial charge in [0.2, 0.25) is 5.69 Å². The number of hydrogen-bond donors (Lipinski definition) is 2. The number of rotatable bonds is 5. The highest BCUT2D eigenvalue weighted by Gasteiger charge is 2.50. The van der Waals surface area contributed by atoms with Crippen LogP contribution in [0.1, 0.15) is 38.8 Å². The van der Waals surface area contributed by atoms with E-state index < -0.39 is 11.9 Å². The predicted octanol–water partition coefficient (Wildman–Crippen LogP) is 4.17. The summed E-state index contributed by atoms with van der Waals surface area (Å²) in [5.74, 6) is -1.33. The summed E-state index contributed by atoms with van der Waals surface area (Å²) in [6.45, 7) is 8.46. The summed E-state index contributed by atoms with van der Waals surface area (Å²) in [6.07, 6.45) is 4.03. The first-order chi connectivity index (χ1) is 17.0. The minimum atomic E-state index is -0.941. The maximum Gasteiger partial charge on any atom is 0.317 e. The number of carboxylic acids is 1. The molecule has 5 rings (SSSR count). The van der Waals surface area contributed by atoms with Gasteiger partial charge in [0.15, 0.2) is 11.5 Å². The van der Waals surface area contributed by atoms with Crippen LogP contribution in [0.15, 0.2) is 72.0 Å². The third-order valence-electron chi connectivity index (χ3n) is 8.27. The summed E-state index contributed by atoms with van der Waals surface area (Å²) in [6, 6.07) is 16.2. The molecule has 2 unspecified atom stereocenters. The number of nitrogens with zero attached hydrogens (tertiary/aromatic N) is 2. The van der Waals surface area contributed by atoms with Crippen LogP contribution >= 0.6 is 0 Å². The van der Waals surface area contributed by atoms with Crippen molar-refractivity contribution in [1.29, 1.82) is 0 Å². The number of fused-ring (bicyclic) bond motifs is 2. The van der Waals surface area contributed by atoms with Crippen LogP contribution in [-0.4, -0.2) is 53.8 Å². The lowest BCUT2D eigenvalue weighted by Crippen LogP contribution is -2.55. The minimum Gasteiger partial charge on any atom is -0.480 e. The lowest BCUT2D eigenvalue weighted by Gasteiger charge is -2.38. The molecule has 36 heavy (non-hydrogen) atoms. The van der Waals surface area contributed by atoms with Crippen molar-refractivity contribution in [2.24, 2.45) is 5.92 Å². The van der Waals surface area contributed by atoms with Crippen LogP contribution in [-0.2, 0) is 20.4 Å². The van der Waals surface area contributed by atoms with Gasteiger partial charge >= 0.3 is 5.97 Å². The Hall–Kier alpha value is -3.51. The number of carbonyl (C=O) groups is 2. The van der Waals surface area contributed by atoms with Gasteiger partial charge in [0.25, 0.3) is 0 Å². The molecular weight excluding hydrogens is 450 g/mol. The zero-order valence-corrected chi connectivity index (χ0v) is 21.8. The summed E-state index contributed by atoms with van der Waals surface area (Å²) in [5, 5.41) is 12.5. The Balaban J connectivity index is 1.53. The van der Waals surface area contributed by atoms with Gasteiger partial charge in [-0.1, -0.05) is 56.3 Å². The molecule has 6 nitrogen and oxygen atoms in total. The highest BCUT2D eigenvalue weighted by molar-refractivity contribution is 6.14. The maximum absolute atomic E-state index is 13.6. The Kier molecular flexibility index (Phi) is 5.56. The van der Waals surface area contributed by atoms with Crippen molar-refractivity contribution in [2.45, 2.75) is 44.6 Å². The van der Waals surface area contributed by atoms with Crippen molar-refractivity contribution in [3.8, 4) is 0 Å². The third-order valence-corrected chi connectivity index (χ3v) is 8.27. The number of allylic oxidation sites excluding steroid dienone is 2. The van der Waals surface area contributed by atoms with Gasteiger partial charge in [0.05, 0.1) is 23.9 Å². The first-order valence-corrected chi connectivity index (χ1v) is 12.4. The zero-order chi connectivity index (χ0) is 26.0. The van der Waals surface area contributed by atoms with Crippen LogP contribution in [0.4, 0.5) is 11.4 Å². The fraction of sp³-hybridized carbons (Fsp3) is 0.367. The molecule has 6 heteroatoms. The van der Waals surface area contributed by atoms with Crippen molar-refractivity contribution < 1.29 is 19.3 Å². The van der Waals surface area contributed by atoms with E-state index in [2.05, 4.69) is 66.8 Å². The van der Waals surface area contributed by atoms with E-state index in [-0.39, 0.29) is 29.2 Å². The average molecular weight is 485 g/mol. The SMILES string of the molecule is CN1C(=CC2C(=O)C(=CC3=[N+](C)c4ccccc4C3(C)C)C2NCC(=O)O)C(C)(C)c2ccccc21. The molecular formula is C30H34N3O3+. The molecule has 0 bridgehead atoms. The number of Topliss-reactive ketones (excluding diaryl/α,β-unsaturated/α-hetero) is 1. The van der Waals surface area contributed by atoms with Crippen molar-refractivity contribution in [3.05, 3.63) is 83.1 Å². The normalized spacial score (nSPS) is 25.8. The van der Waals surface area contributed by atoms with Gasteiger partial charge in [-0.2, -0.15) is 4.58 Å². The molecule has 2 N–H and O–H groups in total. The summed E-state index contributed by atoms with van der Waals surface area (Å²) in [4.78, 5) is 27.2. The quantitative estimate of drug-likeness (QED) is 0.492. The van der Waals surface area contributed by atoms with E-state index >= 15 is 0 Å². The highest BCUT2D eigenvalue weighted by atomic mass is 16.4. The molecule has 1 fully saturated rings. The monoisotopic (exact) mass is 484 g/mol. The van der Waals surface area contributed by atoms with Gasteiger partial charge in [-0.15, -0.1) is 0 Å². The average Bonchev–Trinajstić information content (AvgIpc) is 3.16. The first kappa shape index (κ1) is 24.2. The van der Waals surface area contributed by atoms with Crippen molar-refractivity contribution in [1.82, 2.24) is 5.32 Å². The van der Waals surface area contributed by atoms with E-state index in [1.54, 1.807) is 0 Å². The number of anilines is 1. The molecule has 1 saturated carbocycles. The lowest BCUT2D eigenvalue weighted by atomic mass is 9.69. The number of ketones is 1. The molecule has 2 aromatic carbocycles. The Morgan fingerprint density at radius 2 is 1.69 bits per heavy atom.